The van der Waals surface area contributed by atoms with E-state index in [2.05, 4.69) is 4.72 Å². The average Bonchev–Trinajstić information content (AvgIpc) is 3.18. The first-order chi connectivity index (χ1) is 14.9. The summed E-state index contributed by atoms with van der Waals surface area (Å²) in [4.78, 5) is 13.8. The van der Waals surface area contributed by atoms with Gasteiger partial charge in [0.05, 0.1) is 5.02 Å². The van der Waals surface area contributed by atoms with Crippen molar-refractivity contribution >= 4 is 27.5 Å². The molecule has 31 heavy (non-hydrogen) atoms. The highest BCUT2D eigenvalue weighted by Crippen LogP contribution is 2.26. The van der Waals surface area contributed by atoms with Crippen molar-refractivity contribution in [2.24, 2.45) is 0 Å². The Labute approximate surface area is 187 Å². The van der Waals surface area contributed by atoms with Crippen LogP contribution in [0.3, 0.4) is 0 Å². The van der Waals surface area contributed by atoms with Gasteiger partial charge in [-0.3, -0.25) is 4.79 Å². The monoisotopic (exact) mass is 454 g/mol. The number of carbonyl (C=O) groups is 1. The van der Waals surface area contributed by atoms with Gasteiger partial charge in [0.15, 0.2) is 0 Å². The fourth-order valence-corrected chi connectivity index (χ4v) is 5.27. The molecule has 0 spiro atoms. The second kappa shape index (κ2) is 9.22. The summed E-state index contributed by atoms with van der Waals surface area (Å²) in [5, 5.41) is 0.190. The van der Waals surface area contributed by atoms with Crippen molar-refractivity contribution in [1.29, 1.82) is 0 Å². The molecule has 0 unspecified atom stereocenters. The van der Waals surface area contributed by atoms with E-state index in [9.17, 15) is 13.2 Å². The molecule has 1 aliphatic heterocycles. The van der Waals surface area contributed by atoms with Crippen LogP contribution in [0, 0.1) is 0 Å². The van der Waals surface area contributed by atoms with Gasteiger partial charge in [-0.15, -0.1) is 0 Å². The van der Waals surface area contributed by atoms with Crippen LogP contribution >= 0.6 is 11.6 Å². The van der Waals surface area contributed by atoms with Gasteiger partial charge in [0.1, 0.15) is 4.90 Å². The molecule has 1 N–H and O–H groups in total. The number of halogens is 1. The van der Waals surface area contributed by atoms with E-state index >= 15 is 0 Å². The number of likely N-dealkylation sites (tertiary alicyclic amines) is 1. The maximum absolute atomic E-state index is 12.7. The van der Waals surface area contributed by atoms with Crippen molar-refractivity contribution in [3.05, 3.63) is 88.9 Å². The number of carbonyl (C=O) groups excluding carboxylic acids is 1. The predicted molar refractivity (Wildman–Crippen MR) is 122 cm³/mol. The summed E-state index contributed by atoms with van der Waals surface area (Å²) in [7, 11) is -3.73. The Morgan fingerprint density at radius 1 is 0.935 bits per heavy atom. The highest BCUT2D eigenvalue weighted by molar-refractivity contribution is 7.89. The minimum atomic E-state index is -3.73. The van der Waals surface area contributed by atoms with Crippen LogP contribution in [0.4, 0.5) is 0 Å². The molecule has 0 atom stereocenters. The van der Waals surface area contributed by atoms with Gasteiger partial charge in [0, 0.05) is 26.1 Å². The van der Waals surface area contributed by atoms with Crippen LogP contribution in [-0.2, 0) is 27.9 Å². The molecule has 0 radical (unpaired) electrons. The summed E-state index contributed by atoms with van der Waals surface area (Å²) in [6, 6.07) is 22.1. The molecule has 7 heteroatoms. The summed E-state index contributed by atoms with van der Waals surface area (Å²) in [6.45, 7) is 1.58. The fraction of sp³-hybridized carbons (Fsp3) is 0.208. The van der Waals surface area contributed by atoms with Gasteiger partial charge in [-0.1, -0.05) is 72.3 Å². The Morgan fingerprint density at radius 3 is 2.35 bits per heavy atom. The molecule has 4 rings (SSSR count). The van der Waals surface area contributed by atoms with Gasteiger partial charge in [0.2, 0.25) is 15.9 Å². The van der Waals surface area contributed by atoms with Gasteiger partial charge < -0.3 is 4.90 Å². The van der Waals surface area contributed by atoms with E-state index in [0.717, 1.165) is 35.2 Å². The third-order valence-corrected chi connectivity index (χ3v) is 7.31. The lowest BCUT2D eigenvalue weighted by Crippen LogP contribution is -2.24. The van der Waals surface area contributed by atoms with E-state index in [0.29, 0.717) is 13.0 Å². The molecule has 3 aromatic carbocycles. The van der Waals surface area contributed by atoms with Gasteiger partial charge in [-0.2, -0.15) is 0 Å². The first-order valence-corrected chi connectivity index (χ1v) is 12.0. The molecule has 0 bridgehead atoms. The van der Waals surface area contributed by atoms with Gasteiger partial charge in [-0.05, 0) is 40.8 Å². The summed E-state index contributed by atoms with van der Waals surface area (Å²) < 4.78 is 28.0. The van der Waals surface area contributed by atoms with E-state index < -0.39 is 10.0 Å². The normalized spacial score (nSPS) is 14.2. The lowest BCUT2D eigenvalue weighted by molar-refractivity contribution is -0.128. The van der Waals surface area contributed by atoms with E-state index in [1.807, 2.05) is 53.4 Å². The Hall–Kier alpha value is -2.67. The highest BCUT2D eigenvalue weighted by Gasteiger charge is 2.20. The van der Waals surface area contributed by atoms with Crippen LogP contribution < -0.4 is 4.72 Å². The third-order valence-electron chi connectivity index (χ3n) is 5.41. The summed E-state index contributed by atoms with van der Waals surface area (Å²) in [6.07, 6.45) is 1.56. The molecule has 3 aromatic rings. The lowest BCUT2D eigenvalue weighted by Gasteiger charge is -2.16. The van der Waals surface area contributed by atoms with Gasteiger partial charge >= 0.3 is 0 Å². The third kappa shape index (κ3) is 4.98. The number of rotatable bonds is 7. The van der Waals surface area contributed by atoms with Crippen molar-refractivity contribution < 1.29 is 13.2 Å². The van der Waals surface area contributed by atoms with Gasteiger partial charge in [-0.25, -0.2) is 13.1 Å². The highest BCUT2D eigenvalue weighted by atomic mass is 35.5. The van der Waals surface area contributed by atoms with E-state index in [1.165, 1.54) is 6.07 Å². The average molecular weight is 455 g/mol. The fourth-order valence-electron chi connectivity index (χ4n) is 3.75. The zero-order chi connectivity index (χ0) is 21.8. The first-order valence-electron chi connectivity index (χ1n) is 10.1. The smallest absolute Gasteiger partial charge is 0.242 e. The zero-order valence-electron chi connectivity index (χ0n) is 16.9. The second-order valence-electron chi connectivity index (χ2n) is 7.53. The predicted octanol–water partition coefficient (Wildman–Crippen LogP) is 4.61. The molecule has 160 valence electrons. The molecule has 1 amide bonds. The molecule has 1 saturated heterocycles. The standard InChI is InChI=1S/C24H23ClN2O3S/c25-22-8-3-4-9-23(22)31(29,30)26-16-20-6-1-2-7-21(20)19-13-11-18(12-14-19)17-27-15-5-10-24(27)28/h1-4,6-9,11-14,26H,5,10,15-17H2. The Balaban J connectivity index is 1.51. The molecule has 1 fully saturated rings. The zero-order valence-corrected chi connectivity index (χ0v) is 18.5. The molecular weight excluding hydrogens is 432 g/mol. The van der Waals surface area contributed by atoms with E-state index in [1.54, 1.807) is 18.2 Å². The summed E-state index contributed by atoms with van der Waals surface area (Å²) in [5.74, 6) is 0.209. The van der Waals surface area contributed by atoms with Crippen molar-refractivity contribution in [1.82, 2.24) is 9.62 Å². The number of nitrogens with one attached hydrogen (secondary N) is 1. The Kier molecular flexibility index (Phi) is 6.41. The van der Waals surface area contributed by atoms with Crippen LogP contribution in [0.25, 0.3) is 11.1 Å². The number of hydrogen-bond acceptors (Lipinski definition) is 3. The second-order valence-corrected chi connectivity index (χ2v) is 9.67. The van der Waals surface area contributed by atoms with Gasteiger partial charge in [0.25, 0.3) is 0 Å². The Bertz CT molecular complexity index is 1190. The molecular formula is C24H23ClN2O3S. The van der Waals surface area contributed by atoms with Crippen LogP contribution in [0.2, 0.25) is 5.02 Å². The van der Waals surface area contributed by atoms with E-state index in [-0.39, 0.29) is 22.4 Å². The van der Waals surface area contributed by atoms with Crippen LogP contribution in [0.1, 0.15) is 24.0 Å². The molecule has 0 aromatic heterocycles. The summed E-state index contributed by atoms with van der Waals surface area (Å²) >= 11 is 6.06. The number of benzene rings is 3. The number of hydrogen-bond donors (Lipinski definition) is 1. The maximum atomic E-state index is 12.7. The van der Waals surface area contributed by atoms with Crippen molar-refractivity contribution in [2.45, 2.75) is 30.8 Å². The number of amides is 1. The van der Waals surface area contributed by atoms with E-state index in [4.69, 9.17) is 11.6 Å². The minimum Gasteiger partial charge on any atom is -0.338 e. The Morgan fingerprint density at radius 2 is 1.65 bits per heavy atom. The molecule has 1 aliphatic rings. The van der Waals surface area contributed by atoms with Crippen molar-refractivity contribution in [2.75, 3.05) is 6.54 Å². The molecule has 0 aliphatic carbocycles. The first kappa shape index (κ1) is 21.6. The lowest BCUT2D eigenvalue weighted by atomic mass is 9.98. The maximum Gasteiger partial charge on any atom is 0.242 e. The largest absolute Gasteiger partial charge is 0.338 e. The van der Waals surface area contributed by atoms with Crippen molar-refractivity contribution in [3.8, 4) is 11.1 Å². The topological polar surface area (TPSA) is 66.5 Å². The van der Waals surface area contributed by atoms with Crippen molar-refractivity contribution in [3.63, 3.8) is 0 Å². The quantitative estimate of drug-likeness (QED) is 0.567. The minimum absolute atomic E-state index is 0.0648. The number of nitrogens with zero attached hydrogens (tertiary/aromatic N) is 1. The SMILES string of the molecule is O=C1CCCN1Cc1ccc(-c2ccccc2CNS(=O)(=O)c2ccccc2Cl)cc1. The number of sulfonamides is 1. The van der Waals surface area contributed by atoms with Crippen LogP contribution in [-0.4, -0.2) is 25.8 Å². The van der Waals surface area contributed by atoms with Crippen LogP contribution in [0.15, 0.2) is 77.7 Å². The summed E-state index contributed by atoms with van der Waals surface area (Å²) in [5.41, 5.74) is 3.88. The molecule has 0 saturated carbocycles. The van der Waals surface area contributed by atoms with Crippen LogP contribution in [0.5, 0.6) is 0 Å². The molecule has 1 heterocycles. The molecule has 5 nitrogen and oxygen atoms in total.